The van der Waals surface area contributed by atoms with Gasteiger partial charge in [0.2, 0.25) is 0 Å². The van der Waals surface area contributed by atoms with Crippen molar-refractivity contribution in [1.29, 1.82) is 0 Å². The van der Waals surface area contributed by atoms with Crippen LogP contribution in [0.4, 0.5) is 0 Å². The van der Waals surface area contributed by atoms with Gasteiger partial charge in [0.15, 0.2) is 0 Å². The molecule has 5 nitrogen and oxygen atoms in total. The largest absolute Gasteiger partial charge is 0.478 e. The number of hydrogen-bond acceptors (Lipinski definition) is 4. The van der Waals surface area contributed by atoms with Crippen LogP contribution in [-0.4, -0.2) is 35.4 Å². The molecule has 0 heterocycles. The van der Waals surface area contributed by atoms with Crippen LogP contribution in [0.15, 0.2) is 24.3 Å². The molecule has 0 atom stereocenters. The van der Waals surface area contributed by atoms with Crippen LogP contribution in [0.3, 0.4) is 0 Å². The van der Waals surface area contributed by atoms with E-state index < -0.39 is 11.9 Å². The molecule has 1 aromatic rings. The second kappa shape index (κ2) is 6.72. The van der Waals surface area contributed by atoms with Gasteiger partial charge in [-0.05, 0) is 25.0 Å². The fourth-order valence-electron chi connectivity index (χ4n) is 2.79. The molecular formula is C16H20O5. The van der Waals surface area contributed by atoms with E-state index in [1.165, 1.54) is 12.1 Å². The van der Waals surface area contributed by atoms with Crippen LogP contribution in [0.5, 0.6) is 0 Å². The first-order valence-corrected chi connectivity index (χ1v) is 7.18. The summed E-state index contributed by atoms with van der Waals surface area (Å²) in [5.41, 5.74) is -0.385. The lowest BCUT2D eigenvalue weighted by Gasteiger charge is -2.34. The third-order valence-electron chi connectivity index (χ3n) is 4.14. The smallest absolute Gasteiger partial charge is 0.339 e. The normalized spacial score (nSPS) is 17.2. The van der Waals surface area contributed by atoms with Crippen molar-refractivity contribution >= 4 is 11.9 Å². The van der Waals surface area contributed by atoms with E-state index in [4.69, 9.17) is 9.84 Å². The molecule has 0 aromatic heterocycles. The summed E-state index contributed by atoms with van der Waals surface area (Å²) >= 11 is 0. The predicted molar refractivity (Wildman–Crippen MR) is 76.3 cm³/mol. The highest BCUT2D eigenvalue weighted by atomic mass is 16.5. The Labute approximate surface area is 123 Å². The summed E-state index contributed by atoms with van der Waals surface area (Å²) in [6, 6.07) is 5.99. The molecule has 114 valence electrons. The van der Waals surface area contributed by atoms with E-state index in [0.29, 0.717) is 0 Å². The van der Waals surface area contributed by atoms with E-state index in [2.05, 4.69) is 0 Å². The highest BCUT2D eigenvalue weighted by Gasteiger charge is 2.33. The van der Waals surface area contributed by atoms with Gasteiger partial charge in [-0.1, -0.05) is 31.4 Å². The summed E-state index contributed by atoms with van der Waals surface area (Å²) in [6.07, 6.45) is 4.83. The van der Waals surface area contributed by atoms with E-state index in [0.717, 1.165) is 32.1 Å². The first kappa shape index (κ1) is 15.5. The maximum atomic E-state index is 12.1. The summed E-state index contributed by atoms with van der Waals surface area (Å²) < 4.78 is 5.29. The monoisotopic (exact) mass is 292 g/mol. The first-order chi connectivity index (χ1) is 10.1. The van der Waals surface area contributed by atoms with E-state index in [1.54, 1.807) is 12.1 Å². The molecule has 0 amide bonds. The van der Waals surface area contributed by atoms with Crippen molar-refractivity contribution in [3.05, 3.63) is 35.4 Å². The van der Waals surface area contributed by atoms with Gasteiger partial charge in [0, 0.05) is 5.41 Å². The lowest BCUT2D eigenvalue weighted by molar-refractivity contribution is -0.00619. The Morgan fingerprint density at radius 1 is 1.10 bits per heavy atom. The van der Waals surface area contributed by atoms with Gasteiger partial charge in [-0.15, -0.1) is 0 Å². The number of rotatable bonds is 5. The Balaban J connectivity index is 2.06. The van der Waals surface area contributed by atoms with Gasteiger partial charge in [0.25, 0.3) is 0 Å². The zero-order valence-corrected chi connectivity index (χ0v) is 11.9. The van der Waals surface area contributed by atoms with Crippen LogP contribution >= 0.6 is 0 Å². The van der Waals surface area contributed by atoms with Gasteiger partial charge in [-0.25, -0.2) is 9.59 Å². The second-order valence-corrected chi connectivity index (χ2v) is 5.65. The zero-order chi connectivity index (χ0) is 15.3. The summed E-state index contributed by atoms with van der Waals surface area (Å²) in [6.45, 7) is 0.122. The van der Waals surface area contributed by atoms with Crippen molar-refractivity contribution in [2.75, 3.05) is 13.2 Å². The Morgan fingerprint density at radius 2 is 1.71 bits per heavy atom. The molecule has 1 aliphatic rings. The van der Waals surface area contributed by atoms with Crippen LogP contribution in [0, 0.1) is 5.41 Å². The number of hydrogen-bond donors (Lipinski definition) is 2. The molecule has 2 N–H and O–H groups in total. The van der Waals surface area contributed by atoms with Crippen LogP contribution < -0.4 is 0 Å². The number of aliphatic hydroxyl groups excluding tert-OH is 1. The quantitative estimate of drug-likeness (QED) is 0.815. The van der Waals surface area contributed by atoms with Crippen molar-refractivity contribution in [1.82, 2.24) is 0 Å². The summed E-state index contributed by atoms with van der Waals surface area (Å²) in [7, 11) is 0. The topological polar surface area (TPSA) is 83.8 Å². The van der Waals surface area contributed by atoms with E-state index in [9.17, 15) is 14.7 Å². The molecule has 0 aliphatic heterocycles. The van der Waals surface area contributed by atoms with Crippen LogP contribution in [0.2, 0.25) is 0 Å². The maximum Gasteiger partial charge on any atom is 0.339 e. The number of carbonyl (C=O) groups is 2. The van der Waals surface area contributed by atoms with Gasteiger partial charge >= 0.3 is 11.9 Å². The average Bonchev–Trinajstić information content (AvgIpc) is 2.53. The minimum Gasteiger partial charge on any atom is -0.478 e. The van der Waals surface area contributed by atoms with Crippen molar-refractivity contribution in [3.8, 4) is 0 Å². The molecule has 21 heavy (non-hydrogen) atoms. The van der Waals surface area contributed by atoms with E-state index in [1.807, 2.05) is 0 Å². The van der Waals surface area contributed by atoms with Gasteiger partial charge in [-0.2, -0.15) is 0 Å². The standard InChI is InChI=1S/C16H20O5/c17-10-16(8-4-1-5-9-16)11-21-15(20)13-7-3-2-6-12(13)14(18)19/h2-3,6-7,17H,1,4-5,8-11H2,(H,18,19). The van der Waals surface area contributed by atoms with Gasteiger partial charge in [-0.3, -0.25) is 0 Å². The number of ether oxygens (including phenoxy) is 1. The number of carboxylic acids is 1. The SMILES string of the molecule is O=C(O)c1ccccc1C(=O)OCC1(CO)CCCCC1. The lowest BCUT2D eigenvalue weighted by atomic mass is 9.75. The van der Waals surface area contributed by atoms with E-state index >= 15 is 0 Å². The van der Waals surface area contributed by atoms with Crippen molar-refractivity contribution in [3.63, 3.8) is 0 Å². The Kier molecular flexibility index (Phi) is 4.96. The molecule has 5 heteroatoms. The van der Waals surface area contributed by atoms with Crippen LogP contribution in [-0.2, 0) is 4.74 Å². The van der Waals surface area contributed by atoms with Crippen LogP contribution in [0.1, 0.15) is 52.8 Å². The molecular weight excluding hydrogens is 272 g/mol. The van der Waals surface area contributed by atoms with E-state index in [-0.39, 0.29) is 29.8 Å². The summed E-state index contributed by atoms with van der Waals surface area (Å²) in [5.74, 6) is -1.80. The molecule has 0 saturated heterocycles. The molecule has 1 aliphatic carbocycles. The Morgan fingerprint density at radius 3 is 2.29 bits per heavy atom. The zero-order valence-electron chi connectivity index (χ0n) is 11.9. The molecule has 0 spiro atoms. The number of aliphatic hydroxyl groups is 1. The van der Waals surface area contributed by atoms with Crippen molar-refractivity contribution in [2.24, 2.45) is 5.41 Å². The maximum absolute atomic E-state index is 12.1. The number of esters is 1. The fourth-order valence-corrected chi connectivity index (χ4v) is 2.79. The minimum atomic E-state index is -1.16. The van der Waals surface area contributed by atoms with Crippen molar-refractivity contribution < 1.29 is 24.5 Å². The first-order valence-electron chi connectivity index (χ1n) is 7.18. The average molecular weight is 292 g/mol. The molecule has 0 bridgehead atoms. The Bertz CT molecular complexity index is 517. The van der Waals surface area contributed by atoms with Crippen LogP contribution in [0.25, 0.3) is 0 Å². The number of aromatic carboxylic acids is 1. The highest BCUT2D eigenvalue weighted by Crippen LogP contribution is 2.36. The summed E-state index contributed by atoms with van der Waals surface area (Å²) in [5, 5.41) is 18.7. The molecule has 0 unspecified atom stereocenters. The van der Waals surface area contributed by atoms with Gasteiger partial charge in [0.1, 0.15) is 0 Å². The third-order valence-corrected chi connectivity index (χ3v) is 4.14. The number of carboxylic acid groups (broad SMARTS) is 1. The Hall–Kier alpha value is -1.88. The fraction of sp³-hybridized carbons (Fsp3) is 0.500. The van der Waals surface area contributed by atoms with Gasteiger partial charge in [0.05, 0.1) is 24.3 Å². The molecule has 2 rings (SSSR count). The number of benzene rings is 1. The van der Waals surface area contributed by atoms with Gasteiger partial charge < -0.3 is 14.9 Å². The third kappa shape index (κ3) is 3.61. The second-order valence-electron chi connectivity index (χ2n) is 5.65. The molecule has 1 aromatic carbocycles. The summed E-state index contributed by atoms with van der Waals surface area (Å²) in [4.78, 5) is 23.2. The molecule has 1 saturated carbocycles. The minimum absolute atomic E-state index is 0.0130. The number of carbonyl (C=O) groups excluding carboxylic acids is 1. The molecule has 0 radical (unpaired) electrons. The highest BCUT2D eigenvalue weighted by molar-refractivity contribution is 6.02. The van der Waals surface area contributed by atoms with Crippen molar-refractivity contribution in [2.45, 2.75) is 32.1 Å². The molecule has 1 fully saturated rings. The lowest BCUT2D eigenvalue weighted by Crippen LogP contribution is -2.34. The predicted octanol–water partition coefficient (Wildman–Crippen LogP) is 2.48.